The maximum Gasteiger partial charge on any atom is 0.266 e. The van der Waals surface area contributed by atoms with Crippen molar-refractivity contribution in [1.82, 2.24) is 15.2 Å². The van der Waals surface area contributed by atoms with Gasteiger partial charge in [0.25, 0.3) is 6.43 Å². The molecule has 1 aromatic carbocycles. The number of nitrogen functional groups attached to an aromatic ring is 1. The number of aliphatic hydroxyl groups is 1. The number of halogens is 3. The van der Waals surface area contributed by atoms with Crippen LogP contribution in [-0.4, -0.2) is 39.5 Å². The Hall–Kier alpha value is -3.14. The van der Waals surface area contributed by atoms with Crippen LogP contribution in [0.2, 0.25) is 0 Å². The number of nitrogens with zero attached hydrogens (tertiary/aromatic N) is 4. The van der Waals surface area contributed by atoms with E-state index in [-0.39, 0.29) is 17.4 Å². The lowest BCUT2D eigenvalue weighted by atomic mass is 10.0. The molecule has 0 spiro atoms. The summed E-state index contributed by atoms with van der Waals surface area (Å²) in [5.41, 5.74) is 7.11. The first-order valence-corrected chi connectivity index (χ1v) is 9.94. The van der Waals surface area contributed by atoms with E-state index in [9.17, 15) is 18.3 Å². The molecule has 1 aliphatic heterocycles. The van der Waals surface area contributed by atoms with Gasteiger partial charge in [0.1, 0.15) is 5.82 Å². The van der Waals surface area contributed by atoms with E-state index in [1.807, 2.05) is 11.0 Å². The summed E-state index contributed by atoms with van der Waals surface area (Å²) in [6.07, 6.45) is -0.970. The maximum absolute atomic E-state index is 14.7. The molecule has 4 N–H and O–H groups in total. The Kier molecular flexibility index (Phi) is 5.57. The molecule has 31 heavy (non-hydrogen) atoms. The summed E-state index contributed by atoms with van der Waals surface area (Å²) in [4.78, 5) is 6.52. The Morgan fingerprint density at radius 3 is 2.65 bits per heavy atom. The normalized spacial score (nSPS) is 17.5. The molecule has 10 heteroatoms. The number of pyridine rings is 1. The number of fused-ring (bicyclic) bond motifs is 1. The summed E-state index contributed by atoms with van der Waals surface area (Å²) in [5, 5.41) is 21.9. The Morgan fingerprint density at radius 2 is 1.97 bits per heavy atom. The van der Waals surface area contributed by atoms with Gasteiger partial charge in [-0.15, -0.1) is 5.10 Å². The van der Waals surface area contributed by atoms with Crippen LogP contribution in [0.1, 0.15) is 42.6 Å². The standard InChI is InChI=1S/C21H23F3N6O/c1-10(15-5-12(25)6-16(18(15)22)20(23)24)27-21-17-7-13(30-4-3-14(31)9-30)8-26-19(17)11(2)28-29-21/h5-8,10,14,20,31H,3-4,9,25H2,1-2H3,(H,27,29)/t10-,14+/m1/s1. The zero-order valence-electron chi connectivity index (χ0n) is 17.1. The van der Waals surface area contributed by atoms with E-state index in [2.05, 4.69) is 20.5 Å². The summed E-state index contributed by atoms with van der Waals surface area (Å²) >= 11 is 0. The molecule has 4 rings (SSSR count). The highest BCUT2D eigenvalue weighted by molar-refractivity contribution is 5.92. The number of β-amino-alcohol motifs (C(OH)–C–C–N with tert-alkyl or cyclic N) is 1. The number of aromatic nitrogens is 3. The highest BCUT2D eigenvalue weighted by atomic mass is 19.3. The summed E-state index contributed by atoms with van der Waals surface area (Å²) in [6, 6.07) is 3.45. The van der Waals surface area contributed by atoms with Crippen LogP contribution in [0.4, 0.5) is 30.4 Å². The van der Waals surface area contributed by atoms with Crippen LogP contribution in [0.25, 0.3) is 10.9 Å². The number of aliphatic hydroxyl groups excluding tert-OH is 1. The zero-order valence-corrected chi connectivity index (χ0v) is 17.1. The first-order chi connectivity index (χ1) is 14.7. The predicted octanol–water partition coefficient (Wildman–Crippen LogP) is 3.74. The van der Waals surface area contributed by atoms with Crippen molar-refractivity contribution in [2.24, 2.45) is 0 Å². The van der Waals surface area contributed by atoms with E-state index in [4.69, 9.17) is 5.73 Å². The molecule has 0 amide bonds. The van der Waals surface area contributed by atoms with Gasteiger partial charge in [-0.3, -0.25) is 4.98 Å². The summed E-state index contributed by atoms with van der Waals surface area (Å²) < 4.78 is 41.0. The lowest BCUT2D eigenvalue weighted by molar-refractivity contribution is 0.146. The fourth-order valence-corrected chi connectivity index (χ4v) is 3.86. The third kappa shape index (κ3) is 4.07. The lowest BCUT2D eigenvalue weighted by Gasteiger charge is -2.21. The minimum Gasteiger partial charge on any atom is -0.399 e. The van der Waals surface area contributed by atoms with Gasteiger partial charge in [0, 0.05) is 29.7 Å². The second-order valence-corrected chi connectivity index (χ2v) is 7.79. The monoisotopic (exact) mass is 432 g/mol. The van der Waals surface area contributed by atoms with Crippen molar-refractivity contribution in [2.75, 3.05) is 29.0 Å². The van der Waals surface area contributed by atoms with Gasteiger partial charge in [0.05, 0.1) is 40.8 Å². The number of hydrogen-bond acceptors (Lipinski definition) is 7. The third-order valence-corrected chi connectivity index (χ3v) is 5.51. The van der Waals surface area contributed by atoms with Gasteiger partial charge in [-0.05, 0) is 38.5 Å². The summed E-state index contributed by atoms with van der Waals surface area (Å²) in [5.74, 6) is -0.652. The first-order valence-electron chi connectivity index (χ1n) is 9.94. The number of aryl methyl sites for hydroxylation is 1. The smallest absolute Gasteiger partial charge is 0.266 e. The Labute approximate surface area is 177 Å². The number of alkyl halides is 2. The number of nitrogens with one attached hydrogen (secondary N) is 1. The van der Waals surface area contributed by atoms with Gasteiger partial charge in [0.15, 0.2) is 5.82 Å². The zero-order chi connectivity index (χ0) is 22.3. The van der Waals surface area contributed by atoms with Crippen LogP contribution in [0.5, 0.6) is 0 Å². The molecule has 1 fully saturated rings. The van der Waals surface area contributed by atoms with Gasteiger partial charge in [-0.1, -0.05) is 0 Å². The minimum atomic E-state index is -2.97. The quantitative estimate of drug-likeness (QED) is 0.528. The molecule has 0 radical (unpaired) electrons. The van der Waals surface area contributed by atoms with Gasteiger partial charge >= 0.3 is 0 Å². The van der Waals surface area contributed by atoms with Crippen molar-refractivity contribution in [3.05, 3.63) is 47.0 Å². The van der Waals surface area contributed by atoms with Crippen LogP contribution in [0.3, 0.4) is 0 Å². The van der Waals surface area contributed by atoms with Crippen molar-refractivity contribution in [3.8, 4) is 0 Å². The molecule has 3 aromatic rings. The molecule has 7 nitrogen and oxygen atoms in total. The first kappa shape index (κ1) is 21.1. The van der Waals surface area contributed by atoms with Crippen molar-refractivity contribution in [2.45, 2.75) is 38.8 Å². The van der Waals surface area contributed by atoms with Gasteiger partial charge in [-0.2, -0.15) is 5.10 Å². The Morgan fingerprint density at radius 1 is 1.23 bits per heavy atom. The van der Waals surface area contributed by atoms with E-state index in [1.54, 1.807) is 20.0 Å². The molecule has 3 heterocycles. The molecule has 0 saturated carbocycles. The summed E-state index contributed by atoms with van der Waals surface area (Å²) in [7, 11) is 0. The van der Waals surface area contributed by atoms with E-state index in [0.717, 1.165) is 11.8 Å². The molecular formula is C21H23F3N6O. The fourth-order valence-electron chi connectivity index (χ4n) is 3.86. The van der Waals surface area contributed by atoms with E-state index in [1.165, 1.54) is 6.07 Å². The van der Waals surface area contributed by atoms with Crippen molar-refractivity contribution >= 4 is 28.1 Å². The number of benzene rings is 1. The van der Waals surface area contributed by atoms with E-state index >= 15 is 0 Å². The predicted molar refractivity (Wildman–Crippen MR) is 113 cm³/mol. The molecule has 0 unspecified atom stereocenters. The second-order valence-electron chi connectivity index (χ2n) is 7.79. The van der Waals surface area contributed by atoms with E-state index in [0.29, 0.717) is 41.9 Å². The molecule has 2 aromatic heterocycles. The average Bonchev–Trinajstić information content (AvgIpc) is 3.17. The maximum atomic E-state index is 14.7. The molecule has 1 aliphatic rings. The SMILES string of the molecule is Cc1nnc(N[C@H](C)c2cc(N)cc(C(F)F)c2F)c2cc(N3CC[C@H](O)C3)cnc12. The number of nitrogens with two attached hydrogens (primary N) is 1. The lowest BCUT2D eigenvalue weighted by Crippen LogP contribution is -2.21. The van der Waals surface area contributed by atoms with Crippen molar-refractivity contribution in [1.29, 1.82) is 0 Å². The minimum absolute atomic E-state index is 0.0117. The topological polar surface area (TPSA) is 100 Å². The molecule has 0 aliphatic carbocycles. The third-order valence-electron chi connectivity index (χ3n) is 5.51. The number of anilines is 3. The van der Waals surface area contributed by atoms with Crippen LogP contribution in [0.15, 0.2) is 24.4 Å². The fraction of sp³-hybridized carbons (Fsp3) is 0.381. The van der Waals surface area contributed by atoms with Gasteiger partial charge in [-0.25, -0.2) is 13.2 Å². The van der Waals surface area contributed by atoms with E-state index < -0.39 is 23.8 Å². The highest BCUT2D eigenvalue weighted by Gasteiger charge is 2.24. The number of hydrogen-bond donors (Lipinski definition) is 3. The Bertz CT molecular complexity index is 1130. The van der Waals surface area contributed by atoms with Crippen molar-refractivity contribution in [3.63, 3.8) is 0 Å². The molecular weight excluding hydrogens is 409 g/mol. The van der Waals surface area contributed by atoms with Crippen LogP contribution in [-0.2, 0) is 0 Å². The Balaban J connectivity index is 1.72. The van der Waals surface area contributed by atoms with Crippen LogP contribution >= 0.6 is 0 Å². The largest absolute Gasteiger partial charge is 0.399 e. The van der Waals surface area contributed by atoms with Crippen LogP contribution in [0, 0.1) is 12.7 Å². The molecule has 1 saturated heterocycles. The van der Waals surface area contributed by atoms with Gasteiger partial charge in [0.2, 0.25) is 0 Å². The highest BCUT2D eigenvalue weighted by Crippen LogP contribution is 2.33. The van der Waals surface area contributed by atoms with Crippen molar-refractivity contribution < 1.29 is 18.3 Å². The average molecular weight is 432 g/mol. The molecule has 0 bridgehead atoms. The number of rotatable bonds is 5. The summed E-state index contributed by atoms with van der Waals surface area (Å²) in [6.45, 7) is 4.63. The second kappa shape index (κ2) is 8.18. The molecule has 2 atom stereocenters. The van der Waals surface area contributed by atoms with Gasteiger partial charge < -0.3 is 21.1 Å². The van der Waals surface area contributed by atoms with Crippen LogP contribution < -0.4 is 16.0 Å². The molecule has 164 valence electrons.